The number of aromatic nitrogens is 1. The average Bonchev–Trinajstić information content (AvgIpc) is 2.40. The van der Waals surface area contributed by atoms with Crippen LogP contribution in [0.4, 0.5) is 0 Å². The second-order valence-corrected chi connectivity index (χ2v) is 6.17. The maximum Gasteiger partial charge on any atom is 0.216 e. The van der Waals surface area contributed by atoms with Gasteiger partial charge in [0.1, 0.15) is 0 Å². The predicted octanol–water partition coefficient (Wildman–Crippen LogP) is 2.01. The van der Waals surface area contributed by atoms with Crippen molar-refractivity contribution in [3.8, 4) is 0 Å². The van der Waals surface area contributed by atoms with Gasteiger partial charge in [-0.25, -0.2) is 13.1 Å². The van der Waals surface area contributed by atoms with Crippen molar-refractivity contribution < 1.29 is 8.42 Å². The Hall–Kier alpha value is -1.72. The predicted molar refractivity (Wildman–Crippen MR) is 74.9 cm³/mol. The summed E-state index contributed by atoms with van der Waals surface area (Å²) in [5.74, 6) is -0.0000640. The summed E-state index contributed by atoms with van der Waals surface area (Å²) in [7, 11) is -3.33. The minimum Gasteiger partial charge on any atom is -0.264 e. The van der Waals surface area contributed by atoms with Gasteiger partial charge in [0.05, 0.1) is 5.75 Å². The first-order valence-corrected chi connectivity index (χ1v) is 7.63. The number of hydrogen-bond acceptors (Lipinski definition) is 3. The molecule has 0 saturated carbocycles. The summed E-state index contributed by atoms with van der Waals surface area (Å²) < 4.78 is 26.6. The van der Waals surface area contributed by atoms with Crippen molar-refractivity contribution in [2.45, 2.75) is 19.2 Å². The lowest BCUT2D eigenvalue weighted by Gasteiger charge is -2.08. The van der Waals surface area contributed by atoms with Gasteiger partial charge in [0.2, 0.25) is 10.0 Å². The first kappa shape index (κ1) is 13.7. The van der Waals surface area contributed by atoms with E-state index in [0.29, 0.717) is 0 Å². The number of aryl methyl sites for hydroxylation is 1. The molecule has 0 unspecified atom stereocenters. The number of pyridine rings is 1. The van der Waals surface area contributed by atoms with Gasteiger partial charge in [-0.05, 0) is 29.7 Å². The van der Waals surface area contributed by atoms with E-state index in [0.717, 1.165) is 16.7 Å². The second-order valence-electron chi connectivity index (χ2n) is 4.37. The molecule has 1 heterocycles. The molecule has 0 atom stereocenters. The Kier molecular flexibility index (Phi) is 4.29. The van der Waals surface area contributed by atoms with E-state index in [1.807, 2.05) is 37.3 Å². The largest absolute Gasteiger partial charge is 0.264 e. The Labute approximate surface area is 113 Å². The molecule has 0 aliphatic carbocycles. The van der Waals surface area contributed by atoms with Crippen LogP contribution in [-0.2, 0) is 22.3 Å². The molecule has 5 heteroatoms. The number of nitrogens with one attached hydrogen (secondary N) is 1. The number of benzene rings is 1. The topological polar surface area (TPSA) is 59.1 Å². The molecule has 0 fully saturated rings. The first-order chi connectivity index (χ1) is 9.07. The van der Waals surface area contributed by atoms with Crippen molar-refractivity contribution in [1.29, 1.82) is 0 Å². The van der Waals surface area contributed by atoms with E-state index in [2.05, 4.69) is 9.71 Å². The molecule has 2 rings (SSSR count). The van der Waals surface area contributed by atoms with Gasteiger partial charge in [-0.1, -0.05) is 30.3 Å². The van der Waals surface area contributed by atoms with Crippen LogP contribution in [0, 0.1) is 6.92 Å². The standard InChI is InChI=1S/C14H16N2O2S/c1-12-5-2-3-7-14(12)11-19(17,18)16-10-13-6-4-8-15-9-13/h2-9,16H,10-11H2,1H3. The van der Waals surface area contributed by atoms with Crippen LogP contribution >= 0.6 is 0 Å². The van der Waals surface area contributed by atoms with E-state index in [1.54, 1.807) is 18.5 Å². The molecule has 0 radical (unpaired) electrons. The molecule has 1 N–H and O–H groups in total. The van der Waals surface area contributed by atoms with Crippen molar-refractivity contribution in [2.75, 3.05) is 0 Å². The Morgan fingerprint density at radius 3 is 2.63 bits per heavy atom. The van der Waals surface area contributed by atoms with Crippen LogP contribution < -0.4 is 4.72 Å². The number of nitrogens with zero attached hydrogens (tertiary/aromatic N) is 1. The van der Waals surface area contributed by atoms with Gasteiger partial charge in [-0.3, -0.25) is 4.98 Å². The zero-order valence-corrected chi connectivity index (χ0v) is 11.5. The fourth-order valence-electron chi connectivity index (χ4n) is 1.72. The van der Waals surface area contributed by atoms with Crippen molar-refractivity contribution in [3.63, 3.8) is 0 Å². The Morgan fingerprint density at radius 1 is 1.16 bits per heavy atom. The molecule has 0 aliphatic rings. The number of rotatable bonds is 5. The SMILES string of the molecule is Cc1ccccc1CS(=O)(=O)NCc1cccnc1. The van der Waals surface area contributed by atoms with E-state index in [-0.39, 0.29) is 12.3 Å². The molecule has 100 valence electrons. The molecular weight excluding hydrogens is 260 g/mol. The minimum atomic E-state index is -3.33. The molecule has 0 aliphatic heterocycles. The quantitative estimate of drug-likeness (QED) is 0.908. The summed E-state index contributed by atoms with van der Waals surface area (Å²) in [6.45, 7) is 2.17. The highest BCUT2D eigenvalue weighted by Crippen LogP contribution is 2.10. The van der Waals surface area contributed by atoms with Gasteiger partial charge >= 0.3 is 0 Å². The minimum absolute atomic E-state index is 0.0000640. The maximum atomic E-state index is 12.0. The van der Waals surface area contributed by atoms with Gasteiger partial charge in [0, 0.05) is 18.9 Å². The highest BCUT2D eigenvalue weighted by Gasteiger charge is 2.12. The van der Waals surface area contributed by atoms with Crippen LogP contribution in [0.3, 0.4) is 0 Å². The van der Waals surface area contributed by atoms with Crippen LogP contribution in [0.5, 0.6) is 0 Å². The summed E-state index contributed by atoms with van der Waals surface area (Å²) in [4.78, 5) is 3.95. The van der Waals surface area contributed by atoms with E-state index < -0.39 is 10.0 Å². The monoisotopic (exact) mass is 276 g/mol. The molecule has 0 saturated heterocycles. The Bertz CT molecular complexity index is 640. The molecular formula is C14H16N2O2S. The Morgan fingerprint density at radius 2 is 1.95 bits per heavy atom. The maximum absolute atomic E-state index is 12.0. The van der Waals surface area contributed by atoms with E-state index in [1.165, 1.54) is 0 Å². The third kappa shape index (κ3) is 4.15. The van der Waals surface area contributed by atoms with Crippen LogP contribution in [0.1, 0.15) is 16.7 Å². The highest BCUT2D eigenvalue weighted by molar-refractivity contribution is 7.88. The molecule has 4 nitrogen and oxygen atoms in total. The fourth-order valence-corrected chi connectivity index (χ4v) is 2.95. The fraction of sp³-hybridized carbons (Fsp3) is 0.214. The lowest BCUT2D eigenvalue weighted by molar-refractivity contribution is 0.580. The molecule has 2 aromatic rings. The van der Waals surface area contributed by atoms with Crippen molar-refractivity contribution in [2.24, 2.45) is 0 Å². The van der Waals surface area contributed by atoms with Crippen molar-refractivity contribution in [3.05, 3.63) is 65.5 Å². The van der Waals surface area contributed by atoms with Gasteiger partial charge in [0.15, 0.2) is 0 Å². The molecule has 0 amide bonds. The summed E-state index contributed by atoms with van der Waals surface area (Å²) in [6, 6.07) is 11.1. The van der Waals surface area contributed by atoms with Crippen LogP contribution in [0.2, 0.25) is 0 Å². The van der Waals surface area contributed by atoms with E-state index in [4.69, 9.17) is 0 Å². The van der Waals surface area contributed by atoms with E-state index in [9.17, 15) is 8.42 Å². The summed E-state index contributed by atoms with van der Waals surface area (Å²) in [6.07, 6.45) is 3.31. The van der Waals surface area contributed by atoms with Crippen LogP contribution in [-0.4, -0.2) is 13.4 Å². The lowest BCUT2D eigenvalue weighted by atomic mass is 10.1. The zero-order chi connectivity index (χ0) is 13.7. The van der Waals surface area contributed by atoms with E-state index >= 15 is 0 Å². The summed E-state index contributed by atoms with van der Waals surface area (Å²) in [5, 5.41) is 0. The molecule has 1 aromatic heterocycles. The van der Waals surface area contributed by atoms with Gasteiger partial charge in [0.25, 0.3) is 0 Å². The van der Waals surface area contributed by atoms with Crippen LogP contribution in [0.15, 0.2) is 48.8 Å². The molecule has 1 aromatic carbocycles. The van der Waals surface area contributed by atoms with Crippen molar-refractivity contribution >= 4 is 10.0 Å². The third-order valence-corrected chi connectivity index (χ3v) is 4.10. The average molecular weight is 276 g/mol. The molecule has 0 spiro atoms. The number of hydrogen-bond donors (Lipinski definition) is 1. The summed E-state index contributed by atoms with van der Waals surface area (Å²) in [5.41, 5.74) is 2.64. The normalized spacial score (nSPS) is 11.4. The highest BCUT2D eigenvalue weighted by atomic mass is 32.2. The first-order valence-electron chi connectivity index (χ1n) is 5.97. The lowest BCUT2D eigenvalue weighted by Crippen LogP contribution is -2.25. The Balaban J connectivity index is 2.02. The van der Waals surface area contributed by atoms with Crippen LogP contribution in [0.25, 0.3) is 0 Å². The molecule has 19 heavy (non-hydrogen) atoms. The summed E-state index contributed by atoms with van der Waals surface area (Å²) >= 11 is 0. The van der Waals surface area contributed by atoms with Gasteiger partial charge in [-0.2, -0.15) is 0 Å². The van der Waals surface area contributed by atoms with Crippen molar-refractivity contribution in [1.82, 2.24) is 9.71 Å². The molecule has 0 bridgehead atoms. The second kappa shape index (κ2) is 5.95. The third-order valence-electron chi connectivity index (χ3n) is 2.83. The zero-order valence-electron chi connectivity index (χ0n) is 10.7. The van der Waals surface area contributed by atoms with Gasteiger partial charge < -0.3 is 0 Å². The smallest absolute Gasteiger partial charge is 0.216 e. The number of sulfonamides is 1. The van der Waals surface area contributed by atoms with Gasteiger partial charge in [-0.15, -0.1) is 0 Å².